The molecule has 0 spiro atoms. The van der Waals surface area contributed by atoms with Gasteiger partial charge in [0.05, 0.1) is 4.47 Å². The summed E-state index contributed by atoms with van der Waals surface area (Å²) in [5.41, 5.74) is 4.87. The van der Waals surface area contributed by atoms with Crippen LogP contribution in [0.1, 0.15) is 16.7 Å². The quantitative estimate of drug-likeness (QED) is 0.810. The van der Waals surface area contributed by atoms with E-state index in [4.69, 9.17) is 0 Å². The van der Waals surface area contributed by atoms with Crippen LogP contribution in [-0.4, -0.2) is 12.0 Å². The SMILES string of the molecule is Cc1ccc(N(C)c2ncc(C)cc2Br)c(C)c1. The minimum absolute atomic E-state index is 0.938. The highest BCUT2D eigenvalue weighted by molar-refractivity contribution is 9.10. The van der Waals surface area contributed by atoms with E-state index in [2.05, 4.69) is 63.9 Å². The van der Waals surface area contributed by atoms with Crippen LogP contribution in [0.5, 0.6) is 0 Å². The van der Waals surface area contributed by atoms with Crippen LogP contribution in [0.3, 0.4) is 0 Å². The maximum absolute atomic E-state index is 4.50. The summed E-state index contributed by atoms with van der Waals surface area (Å²) in [6.45, 7) is 6.27. The molecule has 0 saturated heterocycles. The second kappa shape index (κ2) is 5.11. The number of hydrogen-bond acceptors (Lipinski definition) is 2. The number of aryl methyl sites for hydroxylation is 3. The van der Waals surface area contributed by atoms with Crippen LogP contribution in [0.2, 0.25) is 0 Å². The Bertz CT molecular complexity index is 527. The van der Waals surface area contributed by atoms with Crippen LogP contribution < -0.4 is 4.90 Å². The Morgan fingerprint density at radius 3 is 2.39 bits per heavy atom. The molecule has 0 N–H and O–H groups in total. The molecule has 0 aliphatic rings. The highest BCUT2D eigenvalue weighted by Gasteiger charge is 2.11. The Kier molecular flexibility index (Phi) is 3.71. The summed E-state index contributed by atoms with van der Waals surface area (Å²) in [4.78, 5) is 6.61. The van der Waals surface area contributed by atoms with Crippen molar-refractivity contribution in [3.05, 3.63) is 51.6 Å². The smallest absolute Gasteiger partial charge is 0.147 e. The number of halogens is 1. The van der Waals surface area contributed by atoms with Gasteiger partial charge in [-0.1, -0.05) is 17.7 Å². The van der Waals surface area contributed by atoms with Gasteiger partial charge in [0.2, 0.25) is 0 Å². The molecule has 94 valence electrons. The molecule has 0 fully saturated rings. The average Bonchev–Trinajstić information content (AvgIpc) is 2.28. The van der Waals surface area contributed by atoms with E-state index in [1.54, 1.807) is 0 Å². The molecule has 1 aromatic heterocycles. The molecular weight excluding hydrogens is 288 g/mol. The molecule has 1 heterocycles. The standard InChI is InChI=1S/C15H17BrN2/c1-10-5-6-14(12(3)7-10)18(4)15-13(16)8-11(2)9-17-15/h5-9H,1-4H3. The third-order valence-electron chi connectivity index (χ3n) is 2.99. The predicted octanol–water partition coefficient (Wildman–Crippen LogP) is 4.54. The predicted molar refractivity (Wildman–Crippen MR) is 80.7 cm³/mol. The van der Waals surface area contributed by atoms with Gasteiger partial charge in [-0.15, -0.1) is 0 Å². The van der Waals surface area contributed by atoms with E-state index >= 15 is 0 Å². The van der Waals surface area contributed by atoms with E-state index in [9.17, 15) is 0 Å². The van der Waals surface area contributed by atoms with Crippen molar-refractivity contribution in [3.63, 3.8) is 0 Å². The van der Waals surface area contributed by atoms with Gasteiger partial charge in [-0.3, -0.25) is 0 Å². The first kappa shape index (κ1) is 13.1. The molecular formula is C15H17BrN2. The lowest BCUT2D eigenvalue weighted by Gasteiger charge is -2.22. The molecule has 0 amide bonds. The molecule has 1 aromatic carbocycles. The van der Waals surface area contributed by atoms with Crippen molar-refractivity contribution in [3.8, 4) is 0 Å². The Morgan fingerprint density at radius 2 is 1.78 bits per heavy atom. The van der Waals surface area contributed by atoms with Gasteiger partial charge in [-0.25, -0.2) is 4.98 Å². The number of hydrogen-bond donors (Lipinski definition) is 0. The minimum atomic E-state index is 0.938. The van der Waals surface area contributed by atoms with Crippen molar-refractivity contribution >= 4 is 27.4 Å². The van der Waals surface area contributed by atoms with E-state index in [-0.39, 0.29) is 0 Å². The summed E-state index contributed by atoms with van der Waals surface area (Å²) in [7, 11) is 2.04. The molecule has 3 heteroatoms. The Morgan fingerprint density at radius 1 is 1.06 bits per heavy atom. The van der Waals surface area contributed by atoms with Gasteiger partial charge >= 0.3 is 0 Å². The number of anilines is 2. The molecule has 0 aliphatic carbocycles. The van der Waals surface area contributed by atoms with Crippen LogP contribution in [-0.2, 0) is 0 Å². The lowest BCUT2D eigenvalue weighted by molar-refractivity contribution is 1.09. The normalized spacial score (nSPS) is 10.5. The van der Waals surface area contributed by atoms with E-state index in [1.165, 1.54) is 16.8 Å². The van der Waals surface area contributed by atoms with E-state index < -0.39 is 0 Å². The second-order valence-electron chi connectivity index (χ2n) is 4.67. The third-order valence-corrected chi connectivity index (χ3v) is 3.57. The zero-order valence-electron chi connectivity index (χ0n) is 11.2. The fourth-order valence-electron chi connectivity index (χ4n) is 2.07. The van der Waals surface area contributed by atoms with Crippen molar-refractivity contribution in [1.82, 2.24) is 4.98 Å². The monoisotopic (exact) mass is 304 g/mol. The Hall–Kier alpha value is -1.35. The van der Waals surface area contributed by atoms with Crippen molar-refractivity contribution in [1.29, 1.82) is 0 Å². The lowest BCUT2D eigenvalue weighted by Crippen LogP contribution is -2.13. The average molecular weight is 305 g/mol. The largest absolute Gasteiger partial charge is 0.328 e. The van der Waals surface area contributed by atoms with Crippen molar-refractivity contribution in [2.45, 2.75) is 20.8 Å². The van der Waals surface area contributed by atoms with Crippen LogP contribution in [0.25, 0.3) is 0 Å². The number of rotatable bonds is 2. The topological polar surface area (TPSA) is 16.1 Å². The maximum atomic E-state index is 4.50. The fraction of sp³-hybridized carbons (Fsp3) is 0.267. The van der Waals surface area contributed by atoms with Gasteiger partial charge in [0, 0.05) is 18.9 Å². The van der Waals surface area contributed by atoms with Gasteiger partial charge in [0.25, 0.3) is 0 Å². The molecule has 0 radical (unpaired) electrons. The van der Waals surface area contributed by atoms with Gasteiger partial charge in [-0.05, 0) is 60.0 Å². The van der Waals surface area contributed by atoms with Crippen LogP contribution in [0.15, 0.2) is 34.9 Å². The first-order chi connectivity index (χ1) is 8.49. The minimum Gasteiger partial charge on any atom is -0.328 e. The molecule has 2 aromatic rings. The molecule has 0 atom stereocenters. The van der Waals surface area contributed by atoms with Crippen molar-refractivity contribution < 1.29 is 0 Å². The molecule has 2 rings (SSSR count). The summed E-state index contributed by atoms with van der Waals surface area (Å²) in [5, 5.41) is 0. The first-order valence-corrected chi connectivity index (χ1v) is 6.71. The molecule has 18 heavy (non-hydrogen) atoms. The first-order valence-electron chi connectivity index (χ1n) is 5.92. The molecule has 2 nitrogen and oxygen atoms in total. The summed E-state index contributed by atoms with van der Waals surface area (Å²) < 4.78 is 1.02. The summed E-state index contributed by atoms with van der Waals surface area (Å²) in [5.74, 6) is 0.938. The Labute approximate surface area is 117 Å². The zero-order valence-corrected chi connectivity index (χ0v) is 12.7. The number of pyridine rings is 1. The van der Waals surface area contributed by atoms with E-state index in [0.717, 1.165) is 15.9 Å². The Balaban J connectivity index is 2.44. The number of nitrogens with zero attached hydrogens (tertiary/aromatic N) is 2. The van der Waals surface area contributed by atoms with Crippen LogP contribution in [0.4, 0.5) is 11.5 Å². The summed E-state index contributed by atoms with van der Waals surface area (Å²) in [6, 6.07) is 8.54. The fourth-order valence-corrected chi connectivity index (χ4v) is 2.80. The zero-order chi connectivity index (χ0) is 13.3. The van der Waals surface area contributed by atoms with Crippen molar-refractivity contribution in [2.24, 2.45) is 0 Å². The van der Waals surface area contributed by atoms with Gasteiger partial charge < -0.3 is 4.90 Å². The number of benzene rings is 1. The van der Waals surface area contributed by atoms with Gasteiger partial charge in [0.1, 0.15) is 5.82 Å². The van der Waals surface area contributed by atoms with E-state index in [1.807, 2.05) is 20.2 Å². The molecule has 0 unspecified atom stereocenters. The van der Waals surface area contributed by atoms with Crippen LogP contribution >= 0.6 is 15.9 Å². The highest BCUT2D eigenvalue weighted by Crippen LogP contribution is 2.31. The highest BCUT2D eigenvalue weighted by atomic mass is 79.9. The lowest BCUT2D eigenvalue weighted by atomic mass is 10.1. The van der Waals surface area contributed by atoms with Gasteiger partial charge in [0.15, 0.2) is 0 Å². The van der Waals surface area contributed by atoms with Crippen molar-refractivity contribution in [2.75, 3.05) is 11.9 Å². The van der Waals surface area contributed by atoms with E-state index in [0.29, 0.717) is 0 Å². The molecule has 0 saturated carbocycles. The van der Waals surface area contributed by atoms with Gasteiger partial charge in [-0.2, -0.15) is 0 Å². The molecule has 0 bridgehead atoms. The third kappa shape index (κ3) is 2.56. The summed E-state index contributed by atoms with van der Waals surface area (Å²) >= 11 is 3.58. The van der Waals surface area contributed by atoms with Crippen LogP contribution in [0, 0.1) is 20.8 Å². The molecule has 0 aliphatic heterocycles. The summed E-state index contributed by atoms with van der Waals surface area (Å²) in [6.07, 6.45) is 1.89. The number of aromatic nitrogens is 1. The maximum Gasteiger partial charge on any atom is 0.147 e. The second-order valence-corrected chi connectivity index (χ2v) is 5.52.